The van der Waals surface area contributed by atoms with Crippen LogP contribution in [0.2, 0.25) is 0 Å². The highest BCUT2D eigenvalue weighted by molar-refractivity contribution is 5.26. The van der Waals surface area contributed by atoms with Gasteiger partial charge in [0.25, 0.3) is 0 Å². The topological polar surface area (TPSA) is 46.2 Å². The Hall–Kier alpha value is -0.930. The molecule has 0 saturated heterocycles. The molecule has 0 aliphatic heterocycles. The molecular formula is C13H18FNO. The van der Waals surface area contributed by atoms with Crippen LogP contribution in [0.5, 0.6) is 0 Å². The number of halogens is 1. The summed E-state index contributed by atoms with van der Waals surface area (Å²) in [6, 6.07) is 4.36. The number of aliphatic hydroxyl groups is 1. The van der Waals surface area contributed by atoms with Crippen molar-refractivity contribution in [1.82, 2.24) is 0 Å². The summed E-state index contributed by atoms with van der Waals surface area (Å²) in [7, 11) is 0. The van der Waals surface area contributed by atoms with Crippen LogP contribution in [0.1, 0.15) is 36.4 Å². The summed E-state index contributed by atoms with van der Waals surface area (Å²) in [4.78, 5) is 0. The van der Waals surface area contributed by atoms with Crippen molar-refractivity contribution in [2.45, 2.75) is 38.3 Å². The summed E-state index contributed by atoms with van der Waals surface area (Å²) >= 11 is 0. The molecule has 0 amide bonds. The number of hydrogen-bond acceptors (Lipinski definition) is 2. The van der Waals surface area contributed by atoms with Gasteiger partial charge in [0.15, 0.2) is 0 Å². The molecule has 0 aromatic heterocycles. The Balaban J connectivity index is 2.15. The third-order valence-electron chi connectivity index (χ3n) is 3.52. The molecule has 2 rings (SSSR count). The Bertz CT molecular complexity index is 376. The smallest absolute Gasteiger partial charge is 0.128 e. The molecular weight excluding hydrogens is 205 g/mol. The van der Waals surface area contributed by atoms with Crippen LogP contribution >= 0.6 is 0 Å². The van der Waals surface area contributed by atoms with Crippen molar-refractivity contribution < 1.29 is 9.50 Å². The minimum atomic E-state index is -0.619. The Morgan fingerprint density at radius 3 is 2.62 bits per heavy atom. The van der Waals surface area contributed by atoms with E-state index in [1.54, 1.807) is 6.07 Å². The Kier molecular flexibility index (Phi) is 3.26. The predicted molar refractivity (Wildman–Crippen MR) is 61.4 cm³/mol. The first-order valence-corrected chi connectivity index (χ1v) is 5.79. The number of aliphatic hydroxyl groups excluding tert-OH is 1. The number of rotatable bonds is 3. The SMILES string of the molecule is Cc1ccc([C@@H](N)[C@@H](O)C2CCC2)c(F)c1. The van der Waals surface area contributed by atoms with E-state index in [0.29, 0.717) is 5.56 Å². The van der Waals surface area contributed by atoms with Crippen LogP contribution in [0.3, 0.4) is 0 Å². The van der Waals surface area contributed by atoms with Crippen molar-refractivity contribution in [2.24, 2.45) is 11.7 Å². The zero-order chi connectivity index (χ0) is 11.7. The maximum absolute atomic E-state index is 13.7. The van der Waals surface area contributed by atoms with E-state index in [9.17, 15) is 9.50 Å². The molecule has 0 spiro atoms. The molecule has 0 bridgehead atoms. The Labute approximate surface area is 95.3 Å². The fourth-order valence-corrected chi connectivity index (χ4v) is 2.16. The minimum Gasteiger partial charge on any atom is -0.391 e. The zero-order valence-corrected chi connectivity index (χ0v) is 9.49. The third-order valence-corrected chi connectivity index (χ3v) is 3.52. The van der Waals surface area contributed by atoms with E-state index in [-0.39, 0.29) is 11.7 Å². The number of nitrogens with two attached hydrogens (primary N) is 1. The molecule has 1 aliphatic carbocycles. The number of aryl methyl sites for hydroxylation is 1. The van der Waals surface area contributed by atoms with E-state index < -0.39 is 12.1 Å². The maximum Gasteiger partial charge on any atom is 0.128 e. The van der Waals surface area contributed by atoms with Crippen LogP contribution in [0.15, 0.2) is 18.2 Å². The van der Waals surface area contributed by atoms with E-state index in [0.717, 1.165) is 24.8 Å². The average Bonchev–Trinajstić information content (AvgIpc) is 2.14. The molecule has 2 nitrogen and oxygen atoms in total. The first-order chi connectivity index (χ1) is 7.59. The number of hydrogen-bond donors (Lipinski definition) is 2. The maximum atomic E-state index is 13.7. The largest absolute Gasteiger partial charge is 0.391 e. The average molecular weight is 223 g/mol. The van der Waals surface area contributed by atoms with E-state index in [4.69, 9.17) is 5.73 Å². The van der Waals surface area contributed by atoms with E-state index in [1.807, 2.05) is 13.0 Å². The van der Waals surface area contributed by atoms with Gasteiger partial charge in [0.1, 0.15) is 5.82 Å². The Morgan fingerprint density at radius 1 is 1.44 bits per heavy atom. The molecule has 16 heavy (non-hydrogen) atoms. The molecule has 3 heteroatoms. The van der Waals surface area contributed by atoms with Crippen molar-refractivity contribution in [1.29, 1.82) is 0 Å². The summed E-state index contributed by atoms with van der Waals surface area (Å²) in [5, 5.41) is 9.99. The Morgan fingerprint density at radius 2 is 2.12 bits per heavy atom. The predicted octanol–water partition coefficient (Wildman–Crippen LogP) is 2.29. The van der Waals surface area contributed by atoms with Crippen LogP contribution in [0.4, 0.5) is 4.39 Å². The molecule has 0 radical (unpaired) electrons. The fraction of sp³-hybridized carbons (Fsp3) is 0.538. The molecule has 1 aromatic carbocycles. The lowest BCUT2D eigenvalue weighted by Gasteiger charge is -2.33. The van der Waals surface area contributed by atoms with E-state index >= 15 is 0 Å². The van der Waals surface area contributed by atoms with Crippen molar-refractivity contribution >= 4 is 0 Å². The monoisotopic (exact) mass is 223 g/mol. The summed E-state index contributed by atoms with van der Waals surface area (Å²) in [5.41, 5.74) is 7.20. The van der Waals surface area contributed by atoms with Crippen molar-refractivity contribution in [3.05, 3.63) is 35.1 Å². The van der Waals surface area contributed by atoms with Crippen molar-refractivity contribution in [3.8, 4) is 0 Å². The molecule has 3 N–H and O–H groups in total. The zero-order valence-electron chi connectivity index (χ0n) is 9.49. The van der Waals surface area contributed by atoms with Gasteiger partial charge in [0.2, 0.25) is 0 Å². The van der Waals surface area contributed by atoms with Crippen LogP contribution < -0.4 is 5.73 Å². The molecule has 1 aliphatic rings. The highest BCUT2D eigenvalue weighted by Crippen LogP contribution is 2.34. The van der Waals surface area contributed by atoms with Gasteiger partial charge in [-0.05, 0) is 37.3 Å². The van der Waals surface area contributed by atoms with Gasteiger partial charge in [-0.25, -0.2) is 4.39 Å². The molecule has 0 unspecified atom stereocenters. The second kappa shape index (κ2) is 4.52. The highest BCUT2D eigenvalue weighted by atomic mass is 19.1. The van der Waals surface area contributed by atoms with Crippen molar-refractivity contribution in [2.75, 3.05) is 0 Å². The highest BCUT2D eigenvalue weighted by Gasteiger charge is 2.31. The fourth-order valence-electron chi connectivity index (χ4n) is 2.16. The second-order valence-electron chi connectivity index (χ2n) is 4.73. The van der Waals surface area contributed by atoms with Crippen LogP contribution in [0, 0.1) is 18.7 Å². The van der Waals surface area contributed by atoms with Gasteiger partial charge in [-0.15, -0.1) is 0 Å². The van der Waals surface area contributed by atoms with Gasteiger partial charge in [0, 0.05) is 5.56 Å². The summed E-state index contributed by atoms with van der Waals surface area (Å²) in [6.07, 6.45) is 2.53. The standard InChI is InChI=1S/C13H18FNO/c1-8-5-6-10(11(14)7-8)12(15)13(16)9-3-2-4-9/h5-7,9,12-13,16H,2-4,15H2,1H3/t12-,13+/m1/s1. The van der Waals surface area contributed by atoms with Gasteiger partial charge in [-0.1, -0.05) is 18.6 Å². The molecule has 0 heterocycles. The van der Waals surface area contributed by atoms with Gasteiger partial charge in [-0.3, -0.25) is 0 Å². The summed E-state index contributed by atoms with van der Waals surface area (Å²) in [5.74, 6) is -0.0680. The molecule has 88 valence electrons. The quantitative estimate of drug-likeness (QED) is 0.826. The summed E-state index contributed by atoms with van der Waals surface area (Å²) in [6.45, 7) is 1.83. The first-order valence-electron chi connectivity index (χ1n) is 5.79. The third kappa shape index (κ3) is 2.11. The molecule has 1 saturated carbocycles. The van der Waals surface area contributed by atoms with Gasteiger partial charge in [0.05, 0.1) is 12.1 Å². The van der Waals surface area contributed by atoms with Gasteiger partial charge < -0.3 is 10.8 Å². The molecule has 2 atom stereocenters. The number of benzene rings is 1. The van der Waals surface area contributed by atoms with Crippen LogP contribution in [-0.4, -0.2) is 11.2 Å². The lowest BCUT2D eigenvalue weighted by atomic mass is 9.77. The normalized spacial score (nSPS) is 20.2. The summed E-state index contributed by atoms with van der Waals surface area (Å²) < 4.78 is 13.7. The van der Waals surface area contributed by atoms with E-state index in [2.05, 4.69) is 0 Å². The minimum absolute atomic E-state index is 0.246. The molecule has 1 aromatic rings. The van der Waals surface area contributed by atoms with Gasteiger partial charge >= 0.3 is 0 Å². The lowest BCUT2D eigenvalue weighted by molar-refractivity contribution is 0.0405. The van der Waals surface area contributed by atoms with Gasteiger partial charge in [-0.2, -0.15) is 0 Å². The first kappa shape index (κ1) is 11.6. The van der Waals surface area contributed by atoms with Crippen molar-refractivity contribution in [3.63, 3.8) is 0 Å². The lowest BCUT2D eigenvalue weighted by Crippen LogP contribution is -2.36. The van der Waals surface area contributed by atoms with Crippen LogP contribution in [0.25, 0.3) is 0 Å². The van der Waals surface area contributed by atoms with E-state index in [1.165, 1.54) is 6.07 Å². The second-order valence-corrected chi connectivity index (χ2v) is 4.73. The molecule has 1 fully saturated rings. The van der Waals surface area contributed by atoms with Crippen LogP contribution in [-0.2, 0) is 0 Å².